The second-order valence-corrected chi connectivity index (χ2v) is 4.89. The monoisotopic (exact) mass is 297 g/mol. The zero-order valence-electron chi connectivity index (χ0n) is 13.1. The number of nitrogens with zero attached hydrogens (tertiary/aromatic N) is 2. The van der Waals surface area contributed by atoms with Gasteiger partial charge in [-0.3, -0.25) is 4.79 Å². The van der Waals surface area contributed by atoms with Gasteiger partial charge in [0.15, 0.2) is 0 Å². The van der Waals surface area contributed by atoms with E-state index in [4.69, 9.17) is 9.47 Å². The summed E-state index contributed by atoms with van der Waals surface area (Å²) in [6.45, 7) is 5.54. The van der Waals surface area contributed by atoms with E-state index in [2.05, 4.69) is 21.1 Å². The number of unbranched alkanes of at least 4 members (excludes halogenated alkanes) is 2. The molecule has 0 radical (unpaired) electrons. The Morgan fingerprint density at radius 1 is 1.38 bits per heavy atom. The van der Waals surface area contributed by atoms with E-state index in [1.807, 2.05) is 13.3 Å². The first kappa shape index (κ1) is 17.7. The van der Waals surface area contributed by atoms with Crippen LogP contribution in [0.5, 0.6) is 0 Å². The molecule has 0 aliphatic heterocycles. The Labute approximate surface area is 126 Å². The summed E-state index contributed by atoms with van der Waals surface area (Å²) in [5, 5.41) is 3.26. The molecule has 1 N–H and O–H groups in total. The van der Waals surface area contributed by atoms with Crippen LogP contribution in [0.15, 0.2) is 12.5 Å². The van der Waals surface area contributed by atoms with Crippen molar-refractivity contribution < 1.29 is 14.3 Å². The molecule has 1 rings (SSSR count). The summed E-state index contributed by atoms with van der Waals surface area (Å²) < 4.78 is 12.0. The highest BCUT2D eigenvalue weighted by Gasteiger charge is 2.02. The van der Waals surface area contributed by atoms with Gasteiger partial charge in [0.05, 0.1) is 25.2 Å². The van der Waals surface area contributed by atoms with Crippen molar-refractivity contribution in [3.05, 3.63) is 18.2 Å². The molecule has 6 heteroatoms. The maximum Gasteiger partial charge on any atom is 0.305 e. The molecule has 0 fully saturated rings. The van der Waals surface area contributed by atoms with Gasteiger partial charge in [-0.05, 0) is 19.8 Å². The van der Waals surface area contributed by atoms with Gasteiger partial charge < -0.3 is 19.4 Å². The molecule has 0 aromatic carbocycles. The molecule has 1 aromatic heterocycles. The highest BCUT2D eigenvalue weighted by atomic mass is 16.5. The quantitative estimate of drug-likeness (QED) is 0.470. The van der Waals surface area contributed by atoms with Gasteiger partial charge in [0.25, 0.3) is 0 Å². The summed E-state index contributed by atoms with van der Waals surface area (Å²) in [7, 11) is 1.69. The van der Waals surface area contributed by atoms with E-state index in [1.165, 1.54) is 0 Å². The summed E-state index contributed by atoms with van der Waals surface area (Å²) in [6, 6.07) is 0. The largest absolute Gasteiger partial charge is 0.466 e. The van der Waals surface area contributed by atoms with Crippen molar-refractivity contribution in [2.75, 3.05) is 26.9 Å². The van der Waals surface area contributed by atoms with Crippen LogP contribution in [0.25, 0.3) is 0 Å². The second-order valence-electron chi connectivity index (χ2n) is 4.89. The van der Waals surface area contributed by atoms with Crippen molar-refractivity contribution >= 4 is 5.97 Å². The lowest BCUT2D eigenvalue weighted by Crippen LogP contribution is -2.18. The van der Waals surface area contributed by atoms with E-state index in [-0.39, 0.29) is 5.97 Å². The zero-order valence-corrected chi connectivity index (χ0v) is 13.1. The molecule has 0 spiro atoms. The van der Waals surface area contributed by atoms with Crippen molar-refractivity contribution in [3.8, 4) is 0 Å². The Kier molecular flexibility index (Phi) is 9.48. The number of imidazole rings is 1. The molecule has 0 saturated carbocycles. The SMILES string of the molecule is CCOC(=O)CCCCCn1cnc(CNCCOC)c1. The molecule has 0 aliphatic carbocycles. The fraction of sp³-hybridized carbons (Fsp3) is 0.733. The number of rotatable bonds is 12. The van der Waals surface area contributed by atoms with Gasteiger partial charge in [0.1, 0.15) is 0 Å². The number of methoxy groups -OCH3 is 1. The minimum atomic E-state index is -0.0930. The minimum absolute atomic E-state index is 0.0930. The first-order valence-electron chi connectivity index (χ1n) is 7.62. The van der Waals surface area contributed by atoms with E-state index in [0.717, 1.165) is 44.6 Å². The number of hydrogen-bond acceptors (Lipinski definition) is 5. The third kappa shape index (κ3) is 8.47. The van der Waals surface area contributed by atoms with E-state index in [1.54, 1.807) is 7.11 Å². The van der Waals surface area contributed by atoms with E-state index >= 15 is 0 Å². The van der Waals surface area contributed by atoms with E-state index in [0.29, 0.717) is 19.6 Å². The number of nitrogens with one attached hydrogen (secondary N) is 1. The van der Waals surface area contributed by atoms with Crippen LogP contribution in [-0.4, -0.2) is 42.4 Å². The topological polar surface area (TPSA) is 65.4 Å². The molecule has 0 atom stereocenters. The maximum absolute atomic E-state index is 11.2. The number of esters is 1. The van der Waals surface area contributed by atoms with Gasteiger partial charge in [0, 0.05) is 39.4 Å². The molecular weight excluding hydrogens is 270 g/mol. The summed E-state index contributed by atoms with van der Waals surface area (Å²) >= 11 is 0. The van der Waals surface area contributed by atoms with Crippen molar-refractivity contribution in [2.45, 2.75) is 45.7 Å². The fourth-order valence-corrected chi connectivity index (χ4v) is 1.98. The third-order valence-electron chi connectivity index (χ3n) is 3.08. The van der Waals surface area contributed by atoms with Crippen molar-refractivity contribution in [3.63, 3.8) is 0 Å². The van der Waals surface area contributed by atoms with Crippen LogP contribution < -0.4 is 5.32 Å². The Balaban J connectivity index is 2.07. The second kappa shape index (κ2) is 11.3. The van der Waals surface area contributed by atoms with Crippen molar-refractivity contribution in [1.82, 2.24) is 14.9 Å². The van der Waals surface area contributed by atoms with Crippen LogP contribution in [0.4, 0.5) is 0 Å². The number of carbonyl (C=O) groups is 1. The smallest absolute Gasteiger partial charge is 0.305 e. The predicted molar refractivity (Wildman–Crippen MR) is 80.9 cm³/mol. The maximum atomic E-state index is 11.2. The first-order chi connectivity index (χ1) is 10.3. The highest BCUT2D eigenvalue weighted by molar-refractivity contribution is 5.69. The summed E-state index contributed by atoms with van der Waals surface area (Å²) in [4.78, 5) is 15.5. The average molecular weight is 297 g/mol. The molecule has 0 saturated heterocycles. The lowest BCUT2D eigenvalue weighted by Gasteiger charge is -2.03. The highest BCUT2D eigenvalue weighted by Crippen LogP contribution is 2.04. The van der Waals surface area contributed by atoms with Crippen LogP contribution in [0.2, 0.25) is 0 Å². The van der Waals surface area contributed by atoms with E-state index in [9.17, 15) is 4.79 Å². The number of aromatic nitrogens is 2. The van der Waals surface area contributed by atoms with Gasteiger partial charge in [-0.25, -0.2) is 4.98 Å². The fourth-order valence-electron chi connectivity index (χ4n) is 1.98. The van der Waals surface area contributed by atoms with Crippen LogP contribution in [-0.2, 0) is 27.4 Å². The van der Waals surface area contributed by atoms with Gasteiger partial charge in [-0.1, -0.05) is 6.42 Å². The molecular formula is C15H27N3O3. The van der Waals surface area contributed by atoms with Crippen molar-refractivity contribution in [1.29, 1.82) is 0 Å². The number of hydrogen-bond donors (Lipinski definition) is 1. The molecule has 120 valence electrons. The molecule has 0 unspecified atom stereocenters. The van der Waals surface area contributed by atoms with Crippen LogP contribution in [0.1, 0.15) is 38.3 Å². The normalized spacial score (nSPS) is 10.8. The molecule has 0 aliphatic rings. The van der Waals surface area contributed by atoms with Crippen LogP contribution in [0.3, 0.4) is 0 Å². The molecule has 6 nitrogen and oxygen atoms in total. The molecule has 1 aromatic rings. The lowest BCUT2D eigenvalue weighted by atomic mass is 10.2. The van der Waals surface area contributed by atoms with Gasteiger partial charge in [0.2, 0.25) is 0 Å². The van der Waals surface area contributed by atoms with Crippen LogP contribution in [0, 0.1) is 0 Å². The average Bonchev–Trinajstić information content (AvgIpc) is 2.91. The standard InChI is InChI=1S/C15H27N3O3/c1-3-21-15(19)7-5-4-6-9-18-12-14(17-13-18)11-16-8-10-20-2/h12-13,16H,3-11H2,1-2H3. The molecule has 1 heterocycles. The Morgan fingerprint density at radius 3 is 3.00 bits per heavy atom. The van der Waals surface area contributed by atoms with Gasteiger partial charge >= 0.3 is 5.97 Å². The van der Waals surface area contributed by atoms with Crippen molar-refractivity contribution in [2.24, 2.45) is 0 Å². The molecule has 0 bridgehead atoms. The zero-order chi connectivity index (χ0) is 15.3. The Morgan fingerprint density at radius 2 is 2.24 bits per heavy atom. The number of aryl methyl sites for hydroxylation is 1. The summed E-state index contributed by atoms with van der Waals surface area (Å²) in [6.07, 6.45) is 7.40. The van der Waals surface area contributed by atoms with Gasteiger partial charge in [-0.2, -0.15) is 0 Å². The predicted octanol–water partition coefficient (Wildman–Crippen LogP) is 1.74. The Bertz CT molecular complexity index is 393. The minimum Gasteiger partial charge on any atom is -0.466 e. The molecule has 21 heavy (non-hydrogen) atoms. The number of ether oxygens (including phenoxy) is 2. The Hall–Kier alpha value is -1.40. The van der Waals surface area contributed by atoms with Gasteiger partial charge in [-0.15, -0.1) is 0 Å². The first-order valence-corrected chi connectivity index (χ1v) is 7.62. The third-order valence-corrected chi connectivity index (χ3v) is 3.08. The lowest BCUT2D eigenvalue weighted by molar-refractivity contribution is -0.143. The summed E-state index contributed by atoms with van der Waals surface area (Å²) in [5.74, 6) is -0.0930. The molecule has 0 amide bonds. The van der Waals surface area contributed by atoms with E-state index < -0.39 is 0 Å². The van der Waals surface area contributed by atoms with Crippen LogP contribution >= 0.6 is 0 Å². The summed E-state index contributed by atoms with van der Waals surface area (Å²) in [5.41, 5.74) is 1.04. The number of carbonyl (C=O) groups excluding carboxylic acids is 1.